The molecular weight excluding hydrogens is 451 g/mol. The summed E-state index contributed by atoms with van der Waals surface area (Å²) in [5, 5.41) is 0. The molecule has 1 fully saturated rings. The van der Waals surface area contributed by atoms with Crippen molar-refractivity contribution in [2.75, 3.05) is 13.1 Å². The minimum absolute atomic E-state index is 0.0682. The summed E-state index contributed by atoms with van der Waals surface area (Å²) < 4.78 is 41.8. The number of likely N-dealkylation sites (tertiary alicyclic amines) is 1. The summed E-state index contributed by atoms with van der Waals surface area (Å²) >= 11 is 0. The van der Waals surface area contributed by atoms with E-state index in [-0.39, 0.29) is 17.2 Å². The Morgan fingerprint density at radius 2 is 1.44 bits per heavy atom. The van der Waals surface area contributed by atoms with Gasteiger partial charge in [-0.25, -0.2) is 12.8 Å². The van der Waals surface area contributed by atoms with E-state index in [2.05, 4.69) is 16.9 Å². The molecule has 3 aromatic rings. The molecule has 0 saturated carbocycles. The van der Waals surface area contributed by atoms with Crippen LogP contribution in [0.3, 0.4) is 0 Å². The molecule has 0 spiro atoms. The van der Waals surface area contributed by atoms with E-state index >= 15 is 0 Å². The average molecular weight is 481 g/mol. The van der Waals surface area contributed by atoms with Crippen LogP contribution in [0.4, 0.5) is 4.39 Å². The SMILES string of the molecule is O=C(C(Cc1ccccc1)NS(=O)(=O)c1ccc(F)cc1)N1CCC(Cc2ccccc2)CC1. The maximum atomic E-state index is 13.5. The zero-order chi connectivity index (χ0) is 24.0. The van der Waals surface area contributed by atoms with Crippen molar-refractivity contribution in [3.63, 3.8) is 0 Å². The van der Waals surface area contributed by atoms with E-state index in [0.717, 1.165) is 37.0 Å². The quantitative estimate of drug-likeness (QED) is 0.526. The topological polar surface area (TPSA) is 66.5 Å². The molecule has 0 radical (unpaired) electrons. The van der Waals surface area contributed by atoms with Crippen LogP contribution in [-0.2, 0) is 27.7 Å². The molecule has 0 aromatic heterocycles. The Bertz CT molecular complexity index is 1180. The first kappa shape index (κ1) is 24.1. The molecule has 1 atom stereocenters. The number of halogens is 1. The van der Waals surface area contributed by atoms with Gasteiger partial charge in [-0.3, -0.25) is 4.79 Å². The summed E-state index contributed by atoms with van der Waals surface area (Å²) in [7, 11) is -4.00. The van der Waals surface area contributed by atoms with E-state index in [1.807, 2.05) is 48.5 Å². The van der Waals surface area contributed by atoms with Crippen LogP contribution in [0.15, 0.2) is 89.8 Å². The largest absolute Gasteiger partial charge is 0.341 e. The van der Waals surface area contributed by atoms with Crippen molar-refractivity contribution in [2.45, 2.75) is 36.6 Å². The van der Waals surface area contributed by atoms with Crippen molar-refractivity contribution in [3.05, 3.63) is 102 Å². The first-order valence-corrected chi connectivity index (χ1v) is 13.0. The van der Waals surface area contributed by atoms with Crippen LogP contribution >= 0.6 is 0 Å². The van der Waals surface area contributed by atoms with Crippen molar-refractivity contribution in [1.29, 1.82) is 0 Å². The number of benzene rings is 3. The highest BCUT2D eigenvalue weighted by Crippen LogP contribution is 2.23. The molecular formula is C27H29FN2O3S. The number of carbonyl (C=O) groups is 1. The highest BCUT2D eigenvalue weighted by molar-refractivity contribution is 7.89. The lowest BCUT2D eigenvalue weighted by molar-refractivity contribution is -0.134. The number of carbonyl (C=O) groups excluding carboxylic acids is 1. The predicted molar refractivity (Wildman–Crippen MR) is 130 cm³/mol. The van der Waals surface area contributed by atoms with Crippen LogP contribution < -0.4 is 4.72 Å². The van der Waals surface area contributed by atoms with E-state index in [1.54, 1.807) is 4.90 Å². The molecule has 1 heterocycles. The Labute approximate surface area is 200 Å². The number of rotatable bonds is 8. The normalized spacial score (nSPS) is 15.7. The third-order valence-electron chi connectivity index (χ3n) is 6.30. The second kappa shape index (κ2) is 10.9. The average Bonchev–Trinajstić information content (AvgIpc) is 2.85. The molecule has 1 unspecified atom stereocenters. The summed E-state index contributed by atoms with van der Waals surface area (Å²) in [5.74, 6) is -0.253. The van der Waals surface area contributed by atoms with E-state index in [9.17, 15) is 17.6 Å². The van der Waals surface area contributed by atoms with Gasteiger partial charge in [0, 0.05) is 13.1 Å². The Hall–Kier alpha value is -3.03. The monoisotopic (exact) mass is 480 g/mol. The Morgan fingerprint density at radius 1 is 0.882 bits per heavy atom. The van der Waals surface area contributed by atoms with Gasteiger partial charge in [-0.2, -0.15) is 4.72 Å². The maximum Gasteiger partial charge on any atom is 0.241 e. The molecule has 4 rings (SSSR count). The number of hydrogen-bond donors (Lipinski definition) is 1. The number of piperidine rings is 1. The number of nitrogens with one attached hydrogen (secondary N) is 1. The summed E-state index contributed by atoms with van der Waals surface area (Å²) in [4.78, 5) is 15.2. The Kier molecular flexibility index (Phi) is 7.75. The van der Waals surface area contributed by atoms with Crippen molar-refractivity contribution in [2.24, 2.45) is 5.92 Å². The molecule has 5 nitrogen and oxygen atoms in total. The third-order valence-corrected chi connectivity index (χ3v) is 7.78. The lowest BCUT2D eigenvalue weighted by atomic mass is 9.90. The minimum atomic E-state index is -4.00. The van der Waals surface area contributed by atoms with Gasteiger partial charge in [-0.1, -0.05) is 60.7 Å². The summed E-state index contributed by atoms with van der Waals surface area (Å²) in [5.41, 5.74) is 2.16. The molecule has 1 aliphatic rings. The van der Waals surface area contributed by atoms with Gasteiger partial charge < -0.3 is 4.90 Å². The molecule has 0 aliphatic carbocycles. The van der Waals surface area contributed by atoms with Crippen LogP contribution in [-0.4, -0.2) is 38.4 Å². The Balaban J connectivity index is 1.46. The van der Waals surface area contributed by atoms with Crippen LogP contribution in [0.5, 0.6) is 0 Å². The van der Waals surface area contributed by atoms with E-state index in [0.29, 0.717) is 19.0 Å². The maximum absolute atomic E-state index is 13.5. The van der Waals surface area contributed by atoms with Gasteiger partial charge in [-0.15, -0.1) is 0 Å². The van der Waals surface area contributed by atoms with Crippen LogP contribution in [0.1, 0.15) is 24.0 Å². The lowest BCUT2D eigenvalue weighted by Gasteiger charge is -2.34. The van der Waals surface area contributed by atoms with Crippen molar-refractivity contribution in [3.8, 4) is 0 Å². The number of amides is 1. The van der Waals surface area contributed by atoms with E-state index < -0.39 is 21.9 Å². The van der Waals surface area contributed by atoms with E-state index in [4.69, 9.17) is 0 Å². The smallest absolute Gasteiger partial charge is 0.241 e. The highest BCUT2D eigenvalue weighted by Gasteiger charge is 2.32. The van der Waals surface area contributed by atoms with Crippen LogP contribution in [0.25, 0.3) is 0 Å². The number of hydrogen-bond acceptors (Lipinski definition) is 3. The second-order valence-corrected chi connectivity index (χ2v) is 10.5. The summed E-state index contributed by atoms with van der Waals surface area (Å²) in [6.07, 6.45) is 2.98. The molecule has 1 aliphatic heterocycles. The lowest BCUT2D eigenvalue weighted by Crippen LogP contribution is -2.51. The highest BCUT2D eigenvalue weighted by atomic mass is 32.2. The molecule has 3 aromatic carbocycles. The van der Waals surface area contributed by atoms with Crippen molar-refractivity contribution >= 4 is 15.9 Å². The van der Waals surface area contributed by atoms with Crippen LogP contribution in [0, 0.1) is 11.7 Å². The van der Waals surface area contributed by atoms with E-state index in [1.165, 1.54) is 17.7 Å². The van der Waals surface area contributed by atoms with Crippen molar-refractivity contribution in [1.82, 2.24) is 9.62 Å². The van der Waals surface area contributed by atoms with Gasteiger partial charge in [0.2, 0.25) is 15.9 Å². The fraction of sp³-hybridized carbons (Fsp3) is 0.296. The van der Waals surface area contributed by atoms with Gasteiger partial charge in [0.15, 0.2) is 0 Å². The molecule has 1 N–H and O–H groups in total. The zero-order valence-corrected chi connectivity index (χ0v) is 19.8. The Morgan fingerprint density at radius 3 is 2.03 bits per heavy atom. The first-order chi connectivity index (χ1) is 16.4. The second-order valence-electron chi connectivity index (χ2n) is 8.78. The molecule has 34 heavy (non-hydrogen) atoms. The standard InChI is InChI=1S/C27H29FN2O3S/c28-24-11-13-25(14-12-24)34(32,33)29-26(20-22-9-5-2-6-10-22)27(31)30-17-15-23(16-18-30)19-21-7-3-1-4-8-21/h1-14,23,26,29H,15-20H2. The fourth-order valence-electron chi connectivity index (χ4n) is 4.42. The first-order valence-electron chi connectivity index (χ1n) is 11.6. The molecule has 178 valence electrons. The molecule has 1 amide bonds. The van der Waals surface area contributed by atoms with Gasteiger partial charge in [-0.05, 0) is 67.0 Å². The fourth-order valence-corrected chi connectivity index (χ4v) is 5.61. The van der Waals surface area contributed by atoms with Gasteiger partial charge >= 0.3 is 0 Å². The molecule has 1 saturated heterocycles. The number of nitrogens with zero attached hydrogens (tertiary/aromatic N) is 1. The summed E-state index contributed by atoms with van der Waals surface area (Å²) in [6.45, 7) is 1.19. The van der Waals surface area contributed by atoms with Gasteiger partial charge in [0.25, 0.3) is 0 Å². The third kappa shape index (κ3) is 6.30. The van der Waals surface area contributed by atoms with Crippen LogP contribution in [0.2, 0.25) is 0 Å². The number of sulfonamides is 1. The molecule has 7 heteroatoms. The molecule has 0 bridgehead atoms. The van der Waals surface area contributed by atoms with Crippen molar-refractivity contribution < 1.29 is 17.6 Å². The zero-order valence-electron chi connectivity index (χ0n) is 18.9. The minimum Gasteiger partial charge on any atom is -0.341 e. The summed E-state index contributed by atoms with van der Waals surface area (Å²) in [6, 6.07) is 23.3. The predicted octanol–water partition coefficient (Wildman–Crippen LogP) is 4.20. The van der Waals surface area contributed by atoms with Gasteiger partial charge in [0.05, 0.1) is 4.90 Å². The van der Waals surface area contributed by atoms with Gasteiger partial charge in [0.1, 0.15) is 11.9 Å².